The highest BCUT2D eigenvalue weighted by Crippen LogP contribution is 2.28. The van der Waals surface area contributed by atoms with Gasteiger partial charge >= 0.3 is 0 Å². The third-order valence-electron chi connectivity index (χ3n) is 4.36. The van der Waals surface area contributed by atoms with Gasteiger partial charge in [-0.15, -0.1) is 24.8 Å². The number of H-pyrrole nitrogens is 1. The molecular weight excluding hydrogens is 361 g/mol. The molecule has 3 aromatic rings. The maximum atomic E-state index is 5.94. The van der Waals surface area contributed by atoms with Gasteiger partial charge in [-0.05, 0) is 19.5 Å². The number of aromatic nitrogens is 4. The molecule has 0 radical (unpaired) electrons. The van der Waals surface area contributed by atoms with E-state index in [2.05, 4.69) is 30.4 Å². The van der Waals surface area contributed by atoms with Gasteiger partial charge in [-0.3, -0.25) is 5.10 Å². The zero-order valence-electron chi connectivity index (χ0n) is 13.8. The summed E-state index contributed by atoms with van der Waals surface area (Å²) in [7, 11) is 1.99. The topological polar surface area (TPSA) is 95.8 Å². The van der Waals surface area contributed by atoms with Gasteiger partial charge in [0.05, 0.1) is 11.2 Å². The largest absolute Gasteiger partial charge is 0.368 e. The molecule has 7 nitrogen and oxygen atoms in total. The molecule has 1 aliphatic heterocycles. The van der Waals surface area contributed by atoms with Crippen LogP contribution in [-0.4, -0.2) is 46.3 Å². The molecule has 0 unspecified atom stereocenters. The molecule has 9 heteroatoms. The Bertz CT molecular complexity index is 851. The van der Waals surface area contributed by atoms with Gasteiger partial charge < -0.3 is 16.0 Å². The van der Waals surface area contributed by atoms with Crippen LogP contribution in [0.5, 0.6) is 0 Å². The molecule has 0 aliphatic carbocycles. The lowest BCUT2D eigenvalue weighted by atomic mass is 10.1. The van der Waals surface area contributed by atoms with Crippen LogP contribution < -0.4 is 16.0 Å². The molecule has 0 spiro atoms. The lowest BCUT2D eigenvalue weighted by Gasteiger charge is -2.18. The van der Waals surface area contributed by atoms with E-state index in [9.17, 15) is 0 Å². The molecule has 1 atom stereocenters. The van der Waals surface area contributed by atoms with Crippen LogP contribution in [0.4, 0.5) is 11.8 Å². The molecule has 2 aromatic heterocycles. The summed E-state index contributed by atoms with van der Waals surface area (Å²) in [6.45, 7) is 1.89. The summed E-state index contributed by atoms with van der Waals surface area (Å²) in [6, 6.07) is 10.4. The van der Waals surface area contributed by atoms with Gasteiger partial charge in [-0.25, -0.2) is 4.98 Å². The van der Waals surface area contributed by atoms with Crippen LogP contribution >= 0.6 is 24.8 Å². The van der Waals surface area contributed by atoms with Crippen LogP contribution in [0.25, 0.3) is 22.3 Å². The van der Waals surface area contributed by atoms with E-state index in [-0.39, 0.29) is 30.8 Å². The lowest BCUT2D eigenvalue weighted by molar-refractivity contribution is 0.616. The van der Waals surface area contributed by atoms with E-state index >= 15 is 0 Å². The van der Waals surface area contributed by atoms with Crippen LogP contribution in [0.3, 0.4) is 0 Å². The SMILES string of the molecule is CN[C@@H]1CCN(c2cc(-c3n[nH]c4ccccc34)nc(N)n2)C1.Cl.Cl. The van der Waals surface area contributed by atoms with E-state index in [4.69, 9.17) is 5.73 Å². The molecule has 25 heavy (non-hydrogen) atoms. The molecule has 3 heterocycles. The van der Waals surface area contributed by atoms with Crippen LogP contribution in [0.2, 0.25) is 0 Å². The fraction of sp³-hybridized carbons (Fsp3) is 0.312. The quantitative estimate of drug-likeness (QED) is 0.643. The third-order valence-corrected chi connectivity index (χ3v) is 4.36. The van der Waals surface area contributed by atoms with Crippen molar-refractivity contribution in [2.75, 3.05) is 30.8 Å². The molecule has 1 saturated heterocycles. The second-order valence-corrected chi connectivity index (χ2v) is 5.81. The summed E-state index contributed by atoms with van der Waals surface area (Å²) in [4.78, 5) is 11.0. The number of nitrogen functional groups attached to an aromatic ring is 1. The molecule has 0 saturated carbocycles. The Balaban J connectivity index is 0.00000113. The van der Waals surface area contributed by atoms with E-state index < -0.39 is 0 Å². The first-order chi connectivity index (χ1) is 11.2. The van der Waals surface area contributed by atoms with E-state index in [1.54, 1.807) is 0 Å². The number of nitrogens with one attached hydrogen (secondary N) is 2. The molecular formula is C16H21Cl2N7. The van der Waals surface area contributed by atoms with Gasteiger partial charge in [0.25, 0.3) is 0 Å². The number of anilines is 2. The molecule has 0 bridgehead atoms. The minimum Gasteiger partial charge on any atom is -0.368 e. The molecule has 1 aliphatic rings. The Morgan fingerprint density at radius 2 is 2.04 bits per heavy atom. The van der Waals surface area contributed by atoms with Crippen molar-refractivity contribution in [3.8, 4) is 11.4 Å². The number of fused-ring (bicyclic) bond motifs is 1. The number of nitrogens with zero attached hydrogens (tertiary/aromatic N) is 4. The minimum absolute atomic E-state index is 0. The van der Waals surface area contributed by atoms with Gasteiger partial charge in [0, 0.05) is 30.6 Å². The van der Waals surface area contributed by atoms with Gasteiger partial charge in [0.1, 0.15) is 11.5 Å². The Morgan fingerprint density at radius 3 is 2.80 bits per heavy atom. The van der Waals surface area contributed by atoms with Crippen LogP contribution in [0, 0.1) is 0 Å². The Hall–Kier alpha value is -2.09. The second kappa shape index (κ2) is 7.86. The first kappa shape index (κ1) is 19.2. The zero-order chi connectivity index (χ0) is 15.8. The summed E-state index contributed by atoms with van der Waals surface area (Å²) < 4.78 is 0. The molecule has 4 N–H and O–H groups in total. The van der Waals surface area contributed by atoms with Crippen LogP contribution in [0.1, 0.15) is 6.42 Å². The van der Waals surface area contributed by atoms with Gasteiger partial charge in [0.15, 0.2) is 0 Å². The van der Waals surface area contributed by atoms with E-state index in [1.165, 1.54) is 0 Å². The third kappa shape index (κ3) is 3.63. The summed E-state index contributed by atoms with van der Waals surface area (Å²) >= 11 is 0. The van der Waals surface area contributed by atoms with E-state index in [0.29, 0.717) is 6.04 Å². The van der Waals surface area contributed by atoms with Crippen molar-refractivity contribution in [3.63, 3.8) is 0 Å². The van der Waals surface area contributed by atoms with Crippen molar-refractivity contribution in [2.45, 2.75) is 12.5 Å². The summed E-state index contributed by atoms with van der Waals surface area (Å²) in [5.41, 5.74) is 8.48. The Kier molecular flexibility index (Phi) is 6.05. The predicted octanol–water partition coefficient (Wildman–Crippen LogP) is 2.24. The molecule has 1 aromatic carbocycles. The standard InChI is InChI=1S/C16H19N7.2ClH/c1-18-10-6-7-23(9-10)14-8-13(19-16(17)20-14)15-11-4-2-3-5-12(11)21-22-15;;/h2-5,8,10,18H,6-7,9H2,1H3,(H,21,22)(H2,17,19,20);2*1H/t10-;;/m1../s1. The van der Waals surface area contributed by atoms with E-state index in [0.717, 1.165) is 47.6 Å². The van der Waals surface area contributed by atoms with Crippen molar-refractivity contribution >= 4 is 47.5 Å². The number of rotatable bonds is 3. The highest BCUT2D eigenvalue weighted by Gasteiger charge is 2.23. The molecule has 0 amide bonds. The zero-order valence-corrected chi connectivity index (χ0v) is 15.4. The number of benzene rings is 1. The fourth-order valence-corrected chi connectivity index (χ4v) is 3.10. The van der Waals surface area contributed by atoms with Crippen molar-refractivity contribution in [2.24, 2.45) is 0 Å². The average molecular weight is 382 g/mol. The monoisotopic (exact) mass is 381 g/mol. The average Bonchev–Trinajstić information content (AvgIpc) is 3.21. The Labute approximate surface area is 158 Å². The van der Waals surface area contributed by atoms with Gasteiger partial charge in [-0.1, -0.05) is 18.2 Å². The number of likely N-dealkylation sites (N-methyl/N-ethyl adjacent to an activating group) is 1. The number of aromatic amines is 1. The maximum absolute atomic E-state index is 5.94. The number of hydrogen-bond donors (Lipinski definition) is 3. The summed E-state index contributed by atoms with van der Waals surface area (Å²) in [6.07, 6.45) is 1.10. The van der Waals surface area contributed by atoms with Gasteiger partial charge in [-0.2, -0.15) is 10.1 Å². The normalized spacial score (nSPS) is 16.5. The van der Waals surface area contributed by atoms with E-state index in [1.807, 2.05) is 37.4 Å². The molecule has 4 rings (SSSR count). The highest BCUT2D eigenvalue weighted by molar-refractivity contribution is 5.92. The van der Waals surface area contributed by atoms with Crippen LogP contribution in [0.15, 0.2) is 30.3 Å². The van der Waals surface area contributed by atoms with Gasteiger partial charge in [0.2, 0.25) is 5.95 Å². The first-order valence-electron chi connectivity index (χ1n) is 7.75. The summed E-state index contributed by atoms with van der Waals surface area (Å²) in [5, 5.41) is 11.8. The number of halogens is 2. The molecule has 1 fully saturated rings. The predicted molar refractivity (Wildman–Crippen MR) is 106 cm³/mol. The smallest absolute Gasteiger partial charge is 0.222 e. The van der Waals surface area contributed by atoms with Crippen molar-refractivity contribution < 1.29 is 0 Å². The number of hydrogen-bond acceptors (Lipinski definition) is 6. The number of para-hydroxylation sites is 1. The maximum Gasteiger partial charge on any atom is 0.222 e. The Morgan fingerprint density at radius 1 is 1.24 bits per heavy atom. The van der Waals surface area contributed by atoms with Crippen molar-refractivity contribution in [1.29, 1.82) is 0 Å². The molecule has 134 valence electrons. The fourth-order valence-electron chi connectivity index (χ4n) is 3.10. The van der Waals surface area contributed by atoms with Crippen LogP contribution in [-0.2, 0) is 0 Å². The minimum atomic E-state index is 0. The number of nitrogens with two attached hydrogens (primary N) is 1. The van der Waals surface area contributed by atoms with Crippen molar-refractivity contribution in [1.82, 2.24) is 25.5 Å². The summed E-state index contributed by atoms with van der Waals surface area (Å²) in [5.74, 6) is 1.13. The van der Waals surface area contributed by atoms with Crippen molar-refractivity contribution in [3.05, 3.63) is 30.3 Å². The highest BCUT2D eigenvalue weighted by atomic mass is 35.5. The first-order valence-corrected chi connectivity index (χ1v) is 7.75. The second-order valence-electron chi connectivity index (χ2n) is 5.81. The lowest BCUT2D eigenvalue weighted by Crippen LogP contribution is -2.30.